The molecule has 1 fully saturated rings. The van der Waals surface area contributed by atoms with Gasteiger partial charge in [0.25, 0.3) is 0 Å². The van der Waals surface area contributed by atoms with E-state index in [1.54, 1.807) is 0 Å². The number of aromatic nitrogens is 1. The number of anilines is 1. The molecule has 1 saturated heterocycles. The summed E-state index contributed by atoms with van der Waals surface area (Å²) in [5.74, 6) is -0.396. The Labute approximate surface area is 102 Å². The predicted octanol–water partition coefficient (Wildman–Crippen LogP) is 2.14. The maximum atomic E-state index is 13.0. The Hall–Kier alpha value is -1.16. The standard InChI is InChI=1S/C13H20FN3/c1-3-11(2)16-6-8-17(9-7-16)12-4-5-15-13(14)10-12/h4-5,10-11H,3,6-9H2,1-2H3. The van der Waals surface area contributed by atoms with Gasteiger partial charge in [-0.3, -0.25) is 4.90 Å². The van der Waals surface area contributed by atoms with Crippen LogP contribution in [0.2, 0.25) is 0 Å². The average Bonchev–Trinajstić information content (AvgIpc) is 2.38. The molecule has 4 heteroatoms. The zero-order valence-electron chi connectivity index (χ0n) is 10.6. The molecule has 1 aromatic rings. The fourth-order valence-corrected chi connectivity index (χ4v) is 2.27. The maximum absolute atomic E-state index is 13.0. The van der Waals surface area contributed by atoms with Crippen LogP contribution in [-0.2, 0) is 0 Å². The van der Waals surface area contributed by atoms with Gasteiger partial charge in [0.2, 0.25) is 5.95 Å². The fourth-order valence-electron chi connectivity index (χ4n) is 2.27. The van der Waals surface area contributed by atoms with E-state index in [4.69, 9.17) is 0 Å². The predicted molar refractivity (Wildman–Crippen MR) is 67.7 cm³/mol. The summed E-state index contributed by atoms with van der Waals surface area (Å²) >= 11 is 0. The van der Waals surface area contributed by atoms with E-state index in [0.717, 1.165) is 31.9 Å². The molecular weight excluding hydrogens is 217 g/mol. The molecule has 0 amide bonds. The van der Waals surface area contributed by atoms with Gasteiger partial charge in [-0.2, -0.15) is 4.39 Å². The van der Waals surface area contributed by atoms with Crippen LogP contribution in [0.15, 0.2) is 18.3 Å². The average molecular weight is 237 g/mol. The van der Waals surface area contributed by atoms with E-state index in [9.17, 15) is 4.39 Å². The lowest BCUT2D eigenvalue weighted by Crippen LogP contribution is -2.49. The second kappa shape index (κ2) is 5.45. The minimum atomic E-state index is -0.396. The van der Waals surface area contributed by atoms with Crippen molar-refractivity contribution in [1.82, 2.24) is 9.88 Å². The van der Waals surface area contributed by atoms with Crippen LogP contribution in [0.25, 0.3) is 0 Å². The molecule has 17 heavy (non-hydrogen) atoms. The Morgan fingerprint density at radius 3 is 2.65 bits per heavy atom. The molecule has 0 aromatic carbocycles. The number of pyridine rings is 1. The lowest BCUT2D eigenvalue weighted by Gasteiger charge is -2.38. The Morgan fingerprint density at radius 1 is 1.35 bits per heavy atom. The Balaban J connectivity index is 1.95. The van der Waals surface area contributed by atoms with Crippen LogP contribution >= 0.6 is 0 Å². The van der Waals surface area contributed by atoms with Gasteiger partial charge in [-0.1, -0.05) is 6.92 Å². The van der Waals surface area contributed by atoms with Gasteiger partial charge in [0.15, 0.2) is 0 Å². The lowest BCUT2D eigenvalue weighted by molar-refractivity contribution is 0.193. The van der Waals surface area contributed by atoms with Crippen LogP contribution < -0.4 is 4.90 Å². The van der Waals surface area contributed by atoms with Gasteiger partial charge in [-0.05, 0) is 19.4 Å². The number of rotatable bonds is 3. The van der Waals surface area contributed by atoms with Crippen molar-refractivity contribution in [2.24, 2.45) is 0 Å². The minimum absolute atomic E-state index is 0.396. The maximum Gasteiger partial charge on any atom is 0.214 e. The third kappa shape index (κ3) is 2.94. The summed E-state index contributed by atoms with van der Waals surface area (Å²) in [4.78, 5) is 8.31. The van der Waals surface area contributed by atoms with Gasteiger partial charge in [0.05, 0.1) is 0 Å². The summed E-state index contributed by atoms with van der Waals surface area (Å²) in [6, 6.07) is 4.03. The Bertz CT molecular complexity index is 361. The van der Waals surface area contributed by atoms with E-state index in [1.807, 2.05) is 6.07 Å². The molecule has 2 rings (SSSR count). The SMILES string of the molecule is CCC(C)N1CCN(c2ccnc(F)c2)CC1. The lowest BCUT2D eigenvalue weighted by atomic mass is 10.2. The quantitative estimate of drug-likeness (QED) is 0.751. The molecule has 1 aliphatic heterocycles. The molecule has 1 aliphatic rings. The summed E-state index contributed by atoms with van der Waals surface area (Å²) in [7, 11) is 0. The summed E-state index contributed by atoms with van der Waals surface area (Å²) in [5, 5.41) is 0. The molecule has 0 aliphatic carbocycles. The molecule has 2 heterocycles. The molecule has 1 aromatic heterocycles. The van der Waals surface area contributed by atoms with E-state index >= 15 is 0 Å². The first-order chi connectivity index (χ1) is 8.20. The first kappa shape index (κ1) is 12.3. The number of hydrogen-bond acceptors (Lipinski definition) is 3. The molecule has 1 atom stereocenters. The molecule has 0 bridgehead atoms. The first-order valence-corrected chi connectivity index (χ1v) is 6.31. The summed E-state index contributed by atoms with van der Waals surface area (Å²) in [6.45, 7) is 8.52. The van der Waals surface area contributed by atoms with Crippen LogP contribution in [-0.4, -0.2) is 42.1 Å². The molecule has 0 N–H and O–H groups in total. The highest BCUT2D eigenvalue weighted by molar-refractivity contribution is 5.45. The van der Waals surface area contributed by atoms with Crippen molar-refractivity contribution in [2.75, 3.05) is 31.1 Å². The molecule has 3 nitrogen and oxygen atoms in total. The third-order valence-electron chi connectivity index (χ3n) is 3.60. The summed E-state index contributed by atoms with van der Waals surface area (Å²) < 4.78 is 13.0. The molecule has 0 saturated carbocycles. The van der Waals surface area contributed by atoms with E-state index in [2.05, 4.69) is 28.6 Å². The van der Waals surface area contributed by atoms with Crippen LogP contribution in [0.1, 0.15) is 20.3 Å². The van der Waals surface area contributed by atoms with Gasteiger partial charge in [0.1, 0.15) is 0 Å². The van der Waals surface area contributed by atoms with Crippen molar-refractivity contribution in [2.45, 2.75) is 26.3 Å². The van der Waals surface area contributed by atoms with Gasteiger partial charge in [-0.25, -0.2) is 4.98 Å². The second-order valence-electron chi connectivity index (χ2n) is 4.62. The second-order valence-corrected chi connectivity index (χ2v) is 4.62. The van der Waals surface area contributed by atoms with Crippen molar-refractivity contribution < 1.29 is 4.39 Å². The number of hydrogen-bond donors (Lipinski definition) is 0. The first-order valence-electron chi connectivity index (χ1n) is 6.31. The van der Waals surface area contributed by atoms with Gasteiger partial charge < -0.3 is 4.90 Å². The fraction of sp³-hybridized carbons (Fsp3) is 0.615. The van der Waals surface area contributed by atoms with Gasteiger partial charge in [0, 0.05) is 50.2 Å². The van der Waals surface area contributed by atoms with E-state index in [0.29, 0.717) is 6.04 Å². The van der Waals surface area contributed by atoms with Crippen molar-refractivity contribution in [3.8, 4) is 0 Å². The van der Waals surface area contributed by atoms with E-state index in [-0.39, 0.29) is 0 Å². The molecule has 0 spiro atoms. The van der Waals surface area contributed by atoms with Crippen LogP contribution in [0.4, 0.5) is 10.1 Å². The van der Waals surface area contributed by atoms with Crippen LogP contribution in [0.5, 0.6) is 0 Å². The summed E-state index contributed by atoms with van der Waals surface area (Å²) in [6.07, 6.45) is 2.72. The highest BCUT2D eigenvalue weighted by Gasteiger charge is 2.20. The zero-order chi connectivity index (χ0) is 12.3. The third-order valence-corrected chi connectivity index (χ3v) is 3.60. The molecule has 94 valence electrons. The van der Waals surface area contributed by atoms with Crippen molar-refractivity contribution in [3.63, 3.8) is 0 Å². The largest absolute Gasteiger partial charge is 0.369 e. The normalized spacial score (nSPS) is 19.4. The van der Waals surface area contributed by atoms with Crippen LogP contribution in [0, 0.1) is 5.95 Å². The van der Waals surface area contributed by atoms with Crippen molar-refractivity contribution in [3.05, 3.63) is 24.3 Å². The minimum Gasteiger partial charge on any atom is -0.369 e. The van der Waals surface area contributed by atoms with Gasteiger partial charge >= 0.3 is 0 Å². The Kier molecular flexibility index (Phi) is 3.94. The zero-order valence-corrected chi connectivity index (χ0v) is 10.6. The molecule has 1 unspecified atom stereocenters. The van der Waals surface area contributed by atoms with Crippen molar-refractivity contribution in [1.29, 1.82) is 0 Å². The molecular formula is C13H20FN3. The van der Waals surface area contributed by atoms with Crippen LogP contribution in [0.3, 0.4) is 0 Å². The smallest absolute Gasteiger partial charge is 0.214 e. The van der Waals surface area contributed by atoms with Crippen molar-refractivity contribution >= 4 is 5.69 Å². The Morgan fingerprint density at radius 2 is 2.06 bits per heavy atom. The van der Waals surface area contributed by atoms with E-state index in [1.165, 1.54) is 18.7 Å². The topological polar surface area (TPSA) is 19.4 Å². The molecule has 0 radical (unpaired) electrons. The number of piperazine rings is 1. The monoisotopic (exact) mass is 237 g/mol. The summed E-state index contributed by atoms with van der Waals surface area (Å²) in [5.41, 5.74) is 0.946. The highest BCUT2D eigenvalue weighted by atomic mass is 19.1. The number of halogens is 1. The van der Waals surface area contributed by atoms with E-state index < -0.39 is 5.95 Å². The number of nitrogens with zero attached hydrogens (tertiary/aromatic N) is 3. The highest BCUT2D eigenvalue weighted by Crippen LogP contribution is 2.17. The van der Waals surface area contributed by atoms with Gasteiger partial charge in [-0.15, -0.1) is 0 Å².